The zero-order chi connectivity index (χ0) is 31.5. The Labute approximate surface area is 258 Å². The zero-order valence-electron chi connectivity index (χ0n) is 27.8. The van der Waals surface area contributed by atoms with E-state index in [0.717, 1.165) is 29.5 Å². The van der Waals surface area contributed by atoms with Crippen molar-refractivity contribution >= 4 is 11.4 Å². The maximum atomic E-state index is 4.48. The summed E-state index contributed by atoms with van der Waals surface area (Å²) in [5.74, 6) is 2.37. The second-order valence-corrected chi connectivity index (χ2v) is 11.1. The van der Waals surface area contributed by atoms with E-state index in [1.54, 1.807) is 0 Å². The number of nitrogens with one attached hydrogen (secondary N) is 1. The molecule has 1 unspecified atom stereocenters. The van der Waals surface area contributed by atoms with Gasteiger partial charge in [0.05, 0.1) is 0 Å². The van der Waals surface area contributed by atoms with Crippen LogP contribution in [0.2, 0.25) is 0 Å². The van der Waals surface area contributed by atoms with Crippen LogP contribution >= 0.6 is 0 Å². The molecule has 3 aromatic rings. The summed E-state index contributed by atoms with van der Waals surface area (Å²) >= 11 is 0. The number of aromatic nitrogens is 1. The molecular formula is C40H56N2. The van der Waals surface area contributed by atoms with Gasteiger partial charge in [0, 0.05) is 18.2 Å². The molecule has 2 nitrogen and oxygen atoms in total. The first-order chi connectivity index (χ1) is 20.1. The average molecular weight is 565 g/mol. The third kappa shape index (κ3) is 13.3. The molecule has 42 heavy (non-hydrogen) atoms. The molecule has 0 bridgehead atoms. The van der Waals surface area contributed by atoms with Crippen LogP contribution in [-0.4, -0.2) is 4.98 Å². The number of hydrogen-bond acceptors (Lipinski definition) is 2. The smallest absolute Gasteiger partial charge is 0.126 e. The van der Waals surface area contributed by atoms with E-state index in [0.29, 0.717) is 5.92 Å². The molecule has 2 aromatic carbocycles. The molecule has 0 radical (unpaired) electrons. The molecule has 1 heterocycles. The number of rotatable bonds is 8. The molecule has 0 aliphatic heterocycles. The van der Waals surface area contributed by atoms with Gasteiger partial charge in [0.2, 0.25) is 0 Å². The van der Waals surface area contributed by atoms with Crippen molar-refractivity contribution in [3.8, 4) is 0 Å². The van der Waals surface area contributed by atoms with Crippen LogP contribution in [0.15, 0.2) is 110 Å². The molecule has 1 fully saturated rings. The minimum Gasteiger partial charge on any atom is -0.366 e. The Bertz CT molecular complexity index is 1240. The van der Waals surface area contributed by atoms with Crippen molar-refractivity contribution in [3.05, 3.63) is 138 Å². The van der Waals surface area contributed by atoms with Gasteiger partial charge in [-0.05, 0) is 83.1 Å². The molecule has 1 atom stereocenters. The molecule has 2 heteroatoms. The van der Waals surface area contributed by atoms with Crippen LogP contribution in [0.25, 0.3) is 5.57 Å². The van der Waals surface area contributed by atoms with E-state index in [9.17, 15) is 0 Å². The Morgan fingerprint density at radius 1 is 0.881 bits per heavy atom. The summed E-state index contributed by atoms with van der Waals surface area (Å²) in [5.41, 5.74) is 9.97. The van der Waals surface area contributed by atoms with E-state index in [1.807, 2.05) is 58.0 Å². The van der Waals surface area contributed by atoms with Crippen LogP contribution in [0.3, 0.4) is 0 Å². The van der Waals surface area contributed by atoms with Crippen LogP contribution in [-0.2, 0) is 6.54 Å². The summed E-state index contributed by atoms with van der Waals surface area (Å²) < 4.78 is 0. The van der Waals surface area contributed by atoms with Crippen molar-refractivity contribution in [2.75, 3.05) is 5.32 Å². The summed E-state index contributed by atoms with van der Waals surface area (Å²) in [7, 11) is 0. The summed E-state index contributed by atoms with van der Waals surface area (Å²) in [6.45, 7) is 29.1. The van der Waals surface area contributed by atoms with Crippen LogP contribution in [0.5, 0.6) is 0 Å². The first-order valence-electron chi connectivity index (χ1n) is 15.5. The Balaban J connectivity index is 0.000000313. The zero-order valence-corrected chi connectivity index (χ0v) is 27.8. The molecular weight excluding hydrogens is 508 g/mol. The van der Waals surface area contributed by atoms with Gasteiger partial charge in [0.1, 0.15) is 5.82 Å². The average Bonchev–Trinajstić information content (AvgIpc) is 3.50. The Hall–Kier alpha value is -3.65. The highest BCUT2D eigenvalue weighted by atomic mass is 15.0. The molecule has 4 rings (SSSR count). The number of nitrogens with zero attached hydrogens (tertiary/aromatic N) is 1. The third-order valence-electron chi connectivity index (χ3n) is 7.48. The largest absolute Gasteiger partial charge is 0.366 e. The standard InChI is InChI=1S/C14H16N2.C14H22.C10H12.C2H6/c1-11-8-9-14(16-12(11)2)15-10-13-6-4-3-5-7-13;1-5-8-12(4)14(11(2)3)13-9-6-7-10-13;1-8(2)10-6-4-9(3)5-7-10;1-2/h3-9H,10H2,1-2H3,(H,15,16);5,8,13-14H,1-2,6-7,9-10H2,3-4H3;4-7H,1H2,2-3H3;1-2H3/b;12-8-;;. The molecule has 0 saturated heterocycles. The third-order valence-corrected chi connectivity index (χ3v) is 7.48. The van der Waals surface area contributed by atoms with Gasteiger partial charge in [0.15, 0.2) is 0 Å². The lowest BCUT2D eigenvalue weighted by Crippen LogP contribution is -2.13. The second kappa shape index (κ2) is 20.3. The van der Waals surface area contributed by atoms with Crippen molar-refractivity contribution < 1.29 is 0 Å². The van der Waals surface area contributed by atoms with Gasteiger partial charge in [-0.15, -0.1) is 0 Å². The molecule has 0 amide bonds. The minimum atomic E-state index is 0.593. The van der Waals surface area contributed by atoms with E-state index in [4.69, 9.17) is 0 Å². The van der Waals surface area contributed by atoms with Crippen molar-refractivity contribution in [3.63, 3.8) is 0 Å². The molecule has 226 valence electrons. The van der Waals surface area contributed by atoms with Gasteiger partial charge in [-0.3, -0.25) is 0 Å². The fraction of sp³-hybridized carbons (Fsp3) is 0.375. The van der Waals surface area contributed by atoms with Gasteiger partial charge < -0.3 is 5.32 Å². The normalized spacial score (nSPS) is 13.2. The van der Waals surface area contributed by atoms with Crippen LogP contribution in [0.1, 0.15) is 88.2 Å². The molecule has 1 aliphatic rings. The highest BCUT2D eigenvalue weighted by Gasteiger charge is 2.26. The monoisotopic (exact) mass is 564 g/mol. The van der Waals surface area contributed by atoms with E-state index in [-0.39, 0.29) is 0 Å². The number of allylic oxidation sites excluding steroid dienone is 5. The predicted octanol–water partition coefficient (Wildman–Crippen LogP) is 11.9. The summed E-state index contributed by atoms with van der Waals surface area (Å²) in [6, 6.07) is 22.8. The van der Waals surface area contributed by atoms with E-state index >= 15 is 0 Å². The van der Waals surface area contributed by atoms with Crippen LogP contribution in [0.4, 0.5) is 5.82 Å². The van der Waals surface area contributed by atoms with Crippen molar-refractivity contribution in [1.29, 1.82) is 0 Å². The maximum Gasteiger partial charge on any atom is 0.126 e. The molecule has 1 aromatic heterocycles. The van der Waals surface area contributed by atoms with Crippen molar-refractivity contribution in [2.45, 2.75) is 87.6 Å². The second-order valence-electron chi connectivity index (χ2n) is 11.1. The quantitative estimate of drug-likeness (QED) is 0.217. The summed E-state index contributed by atoms with van der Waals surface area (Å²) in [5, 5.41) is 3.32. The minimum absolute atomic E-state index is 0.593. The lowest BCUT2D eigenvalue weighted by Gasteiger charge is -2.24. The number of aryl methyl sites for hydroxylation is 3. The lowest BCUT2D eigenvalue weighted by atomic mass is 9.81. The van der Waals surface area contributed by atoms with Crippen molar-refractivity contribution in [2.24, 2.45) is 11.8 Å². The highest BCUT2D eigenvalue weighted by Crippen LogP contribution is 2.38. The van der Waals surface area contributed by atoms with Gasteiger partial charge in [-0.25, -0.2) is 4.98 Å². The van der Waals surface area contributed by atoms with Gasteiger partial charge in [0.25, 0.3) is 0 Å². The molecule has 0 spiro atoms. The fourth-order valence-electron chi connectivity index (χ4n) is 5.10. The van der Waals surface area contributed by atoms with E-state index in [1.165, 1.54) is 59.1 Å². The van der Waals surface area contributed by atoms with Crippen LogP contribution in [0, 0.1) is 32.6 Å². The predicted molar refractivity (Wildman–Crippen MR) is 189 cm³/mol. The number of hydrogen-bond donors (Lipinski definition) is 1. The highest BCUT2D eigenvalue weighted by molar-refractivity contribution is 5.61. The molecule has 1 saturated carbocycles. The first kappa shape index (κ1) is 36.4. The molecule has 1 aliphatic carbocycles. The Morgan fingerprint density at radius 3 is 1.98 bits per heavy atom. The molecule has 1 N–H and O–H groups in total. The number of benzene rings is 2. The van der Waals surface area contributed by atoms with Crippen molar-refractivity contribution in [1.82, 2.24) is 4.98 Å². The van der Waals surface area contributed by atoms with Gasteiger partial charge in [-0.1, -0.05) is 142 Å². The Morgan fingerprint density at radius 2 is 1.48 bits per heavy atom. The SMILES string of the molecule is C=C(C)c1ccc(C)cc1.C=C/C=C(/C)C(C(=C)C)C1CCCC1.CC.Cc1ccc(NCc2ccccc2)nc1C. The summed E-state index contributed by atoms with van der Waals surface area (Å²) in [6.07, 6.45) is 9.57. The fourth-order valence-corrected chi connectivity index (χ4v) is 5.10. The topological polar surface area (TPSA) is 24.9 Å². The van der Waals surface area contributed by atoms with Crippen LogP contribution < -0.4 is 5.32 Å². The van der Waals surface area contributed by atoms with Gasteiger partial charge >= 0.3 is 0 Å². The number of anilines is 1. The number of pyridine rings is 1. The maximum absolute atomic E-state index is 4.48. The van der Waals surface area contributed by atoms with E-state index in [2.05, 4.69) is 106 Å². The first-order valence-corrected chi connectivity index (χ1v) is 15.5. The lowest BCUT2D eigenvalue weighted by molar-refractivity contribution is 0.435. The summed E-state index contributed by atoms with van der Waals surface area (Å²) in [4.78, 5) is 4.48. The van der Waals surface area contributed by atoms with E-state index < -0.39 is 0 Å². The van der Waals surface area contributed by atoms with Gasteiger partial charge in [-0.2, -0.15) is 0 Å². The Kier molecular flexibility index (Phi) is 17.6.